The Bertz CT molecular complexity index is 1610. The van der Waals surface area contributed by atoms with E-state index in [1.807, 2.05) is 37.3 Å². The van der Waals surface area contributed by atoms with E-state index in [1.54, 1.807) is 16.8 Å². The van der Waals surface area contributed by atoms with Crippen molar-refractivity contribution in [1.82, 2.24) is 30.1 Å². The maximum Gasteiger partial charge on any atom is 0.252 e. The highest BCUT2D eigenvalue weighted by Crippen LogP contribution is 2.26. The van der Waals surface area contributed by atoms with Gasteiger partial charge in [0.05, 0.1) is 12.6 Å². The Kier molecular flexibility index (Phi) is 7.93. The molecule has 0 amide bonds. The normalized spacial score (nSPS) is 12.3. The molecule has 0 saturated heterocycles. The first-order chi connectivity index (χ1) is 18.9. The highest BCUT2D eigenvalue weighted by atomic mass is 19.1. The van der Waals surface area contributed by atoms with Gasteiger partial charge < -0.3 is 4.98 Å². The van der Waals surface area contributed by atoms with E-state index in [9.17, 15) is 9.18 Å². The summed E-state index contributed by atoms with van der Waals surface area (Å²) in [6, 6.07) is 22.7. The van der Waals surface area contributed by atoms with Crippen molar-refractivity contribution in [1.29, 1.82) is 0 Å². The summed E-state index contributed by atoms with van der Waals surface area (Å²) in [5, 5.41) is 13.7. The van der Waals surface area contributed by atoms with Gasteiger partial charge in [0.15, 0.2) is 5.82 Å². The number of tetrazole rings is 1. The van der Waals surface area contributed by atoms with Gasteiger partial charge >= 0.3 is 0 Å². The lowest BCUT2D eigenvalue weighted by Gasteiger charge is -2.30. The van der Waals surface area contributed by atoms with Gasteiger partial charge in [0.25, 0.3) is 5.56 Å². The summed E-state index contributed by atoms with van der Waals surface area (Å²) < 4.78 is 15.2. The number of pyridine rings is 1. The van der Waals surface area contributed by atoms with Crippen molar-refractivity contribution in [2.24, 2.45) is 0 Å². The van der Waals surface area contributed by atoms with Gasteiger partial charge in [-0.15, -0.1) is 5.10 Å². The lowest BCUT2D eigenvalue weighted by atomic mass is 10.0. The fourth-order valence-corrected chi connectivity index (χ4v) is 5.24. The van der Waals surface area contributed by atoms with Gasteiger partial charge in [-0.25, -0.2) is 9.07 Å². The number of benzene rings is 3. The molecule has 3 aromatic carbocycles. The van der Waals surface area contributed by atoms with E-state index < -0.39 is 0 Å². The van der Waals surface area contributed by atoms with Gasteiger partial charge in [-0.2, -0.15) is 0 Å². The van der Waals surface area contributed by atoms with Crippen LogP contribution in [0.4, 0.5) is 4.39 Å². The molecule has 0 spiro atoms. The Labute approximate surface area is 227 Å². The second-order valence-corrected chi connectivity index (χ2v) is 10.1. The molecule has 0 bridgehead atoms. The van der Waals surface area contributed by atoms with Crippen LogP contribution in [-0.2, 0) is 19.5 Å². The van der Waals surface area contributed by atoms with E-state index >= 15 is 0 Å². The lowest BCUT2D eigenvalue weighted by Crippen LogP contribution is -2.34. The summed E-state index contributed by atoms with van der Waals surface area (Å²) >= 11 is 0. The van der Waals surface area contributed by atoms with Gasteiger partial charge in [-0.1, -0.05) is 55.5 Å². The SMILES string of the molecule is CCC(c1nnnn1Cc1ccc(F)cc1)N(CCc1ccccc1)Cc1cc2c(C)cc(C)cc2[nH]c1=O. The molecule has 0 saturated carbocycles. The van der Waals surface area contributed by atoms with E-state index in [0.717, 1.165) is 52.8 Å². The van der Waals surface area contributed by atoms with Crippen molar-refractivity contribution in [2.45, 2.75) is 52.7 Å². The molecule has 1 atom stereocenters. The number of hydrogen-bond acceptors (Lipinski definition) is 5. The minimum Gasteiger partial charge on any atom is -0.322 e. The van der Waals surface area contributed by atoms with Gasteiger partial charge in [0.2, 0.25) is 0 Å². The van der Waals surface area contributed by atoms with Crippen molar-refractivity contribution >= 4 is 10.9 Å². The molecular formula is C31H33FN6O. The molecule has 0 radical (unpaired) electrons. The highest BCUT2D eigenvalue weighted by Gasteiger charge is 2.26. The number of aryl methyl sites for hydroxylation is 2. The number of nitrogens with zero attached hydrogens (tertiary/aromatic N) is 5. The standard InChI is InChI=1S/C31H33FN6O/c1-4-29(30-34-35-36-38(30)19-24-10-12-26(32)13-11-24)37(15-14-23-8-6-5-7-9-23)20-25-18-27-22(3)16-21(2)17-28(27)33-31(25)39/h5-13,16-18,29H,4,14-15,19-20H2,1-3H3,(H,33,39). The maximum absolute atomic E-state index is 13.5. The molecule has 0 aliphatic rings. The molecule has 1 N–H and O–H groups in total. The fraction of sp³-hybridized carbons (Fsp3) is 0.290. The predicted molar refractivity (Wildman–Crippen MR) is 151 cm³/mol. The van der Waals surface area contributed by atoms with Crippen molar-refractivity contribution in [3.63, 3.8) is 0 Å². The third-order valence-corrected chi connectivity index (χ3v) is 7.22. The quantitative estimate of drug-likeness (QED) is 0.260. The van der Waals surface area contributed by atoms with Gasteiger partial charge in [-0.05, 0) is 83.6 Å². The summed E-state index contributed by atoms with van der Waals surface area (Å²) in [5.41, 5.74) is 5.86. The van der Waals surface area contributed by atoms with Crippen molar-refractivity contribution in [3.8, 4) is 0 Å². The average molecular weight is 525 g/mol. The summed E-state index contributed by atoms with van der Waals surface area (Å²) in [5.74, 6) is 0.444. The van der Waals surface area contributed by atoms with Crippen molar-refractivity contribution in [2.75, 3.05) is 6.54 Å². The third-order valence-electron chi connectivity index (χ3n) is 7.22. The largest absolute Gasteiger partial charge is 0.322 e. The van der Waals surface area contributed by atoms with Crippen LogP contribution in [0.5, 0.6) is 0 Å². The first-order valence-corrected chi connectivity index (χ1v) is 13.3. The zero-order valence-corrected chi connectivity index (χ0v) is 22.6. The first-order valence-electron chi connectivity index (χ1n) is 13.3. The first kappa shape index (κ1) is 26.4. The van der Waals surface area contributed by atoms with E-state index in [1.165, 1.54) is 17.7 Å². The van der Waals surface area contributed by atoms with Crippen LogP contribution in [0, 0.1) is 19.7 Å². The number of aromatic amines is 1. The fourth-order valence-electron chi connectivity index (χ4n) is 5.24. The number of fused-ring (bicyclic) bond motifs is 1. The molecule has 2 aromatic heterocycles. The average Bonchev–Trinajstić information content (AvgIpc) is 3.37. The molecule has 7 nitrogen and oxygen atoms in total. The van der Waals surface area contributed by atoms with Crippen LogP contribution in [-0.4, -0.2) is 36.6 Å². The Morgan fingerprint density at radius 3 is 2.51 bits per heavy atom. The molecule has 2 heterocycles. The number of rotatable bonds is 10. The maximum atomic E-state index is 13.5. The Morgan fingerprint density at radius 1 is 1.00 bits per heavy atom. The minimum absolute atomic E-state index is 0.0852. The molecule has 5 rings (SSSR count). The van der Waals surface area contributed by atoms with Crippen LogP contribution in [0.2, 0.25) is 0 Å². The second kappa shape index (κ2) is 11.7. The molecule has 0 aliphatic heterocycles. The van der Waals surface area contributed by atoms with Crippen LogP contribution >= 0.6 is 0 Å². The van der Waals surface area contributed by atoms with Crippen LogP contribution < -0.4 is 5.56 Å². The smallest absolute Gasteiger partial charge is 0.252 e. The van der Waals surface area contributed by atoms with E-state index in [4.69, 9.17) is 0 Å². The van der Waals surface area contributed by atoms with E-state index in [2.05, 4.69) is 57.5 Å². The highest BCUT2D eigenvalue weighted by molar-refractivity contribution is 5.83. The number of hydrogen-bond donors (Lipinski definition) is 1. The Balaban J connectivity index is 1.49. The summed E-state index contributed by atoms with van der Waals surface area (Å²) in [7, 11) is 0. The summed E-state index contributed by atoms with van der Waals surface area (Å²) in [6.45, 7) is 7.81. The molecule has 0 aliphatic carbocycles. The van der Waals surface area contributed by atoms with E-state index in [0.29, 0.717) is 18.7 Å². The number of halogens is 1. The van der Waals surface area contributed by atoms with E-state index in [-0.39, 0.29) is 17.4 Å². The lowest BCUT2D eigenvalue weighted by molar-refractivity contribution is 0.172. The zero-order valence-electron chi connectivity index (χ0n) is 22.6. The Hall–Kier alpha value is -4.17. The van der Waals surface area contributed by atoms with Crippen LogP contribution in [0.1, 0.15) is 53.0 Å². The number of H-pyrrole nitrogens is 1. The van der Waals surface area contributed by atoms with Crippen LogP contribution in [0.3, 0.4) is 0 Å². The molecule has 39 heavy (non-hydrogen) atoms. The molecule has 8 heteroatoms. The molecule has 5 aromatic rings. The zero-order chi connectivity index (χ0) is 27.4. The minimum atomic E-state index is -0.278. The van der Waals surface area contributed by atoms with Gasteiger partial charge in [-0.3, -0.25) is 9.69 Å². The molecule has 0 fully saturated rings. The number of aromatic nitrogens is 5. The predicted octanol–water partition coefficient (Wildman–Crippen LogP) is 5.51. The Morgan fingerprint density at radius 2 is 1.77 bits per heavy atom. The van der Waals surface area contributed by atoms with Gasteiger partial charge in [0.1, 0.15) is 5.82 Å². The monoisotopic (exact) mass is 524 g/mol. The second-order valence-electron chi connectivity index (χ2n) is 10.1. The molecule has 200 valence electrons. The van der Waals surface area contributed by atoms with Crippen molar-refractivity contribution in [3.05, 3.63) is 123 Å². The topological polar surface area (TPSA) is 79.7 Å². The van der Waals surface area contributed by atoms with Crippen LogP contribution in [0.25, 0.3) is 10.9 Å². The number of nitrogens with one attached hydrogen (secondary N) is 1. The van der Waals surface area contributed by atoms with Crippen LogP contribution in [0.15, 0.2) is 77.6 Å². The molecular weight excluding hydrogens is 491 g/mol. The molecule has 1 unspecified atom stereocenters. The summed E-state index contributed by atoms with van der Waals surface area (Å²) in [6.07, 6.45) is 1.57. The third kappa shape index (κ3) is 6.12. The van der Waals surface area contributed by atoms with Gasteiger partial charge in [0, 0.05) is 29.6 Å². The van der Waals surface area contributed by atoms with Crippen molar-refractivity contribution < 1.29 is 4.39 Å². The summed E-state index contributed by atoms with van der Waals surface area (Å²) in [4.78, 5) is 18.6.